The van der Waals surface area contributed by atoms with Crippen LogP contribution in [0.2, 0.25) is 0 Å². The number of rotatable bonds is 11. The Hall–Kier alpha value is -2.74. The topological polar surface area (TPSA) is 116 Å². The van der Waals surface area contributed by atoms with Crippen LogP contribution in [0.4, 0.5) is 10.1 Å². The number of amides is 1. The highest BCUT2D eigenvalue weighted by Gasteiger charge is 2.29. The molecule has 0 radical (unpaired) electrons. The molecule has 0 bridgehead atoms. The van der Waals surface area contributed by atoms with E-state index in [9.17, 15) is 26.0 Å². The van der Waals surface area contributed by atoms with Crippen LogP contribution in [0, 0.1) is 5.82 Å². The predicted octanol–water partition coefficient (Wildman–Crippen LogP) is 1.81. The molecular formula is C23H31FN4O6S2. The number of benzene rings is 2. The van der Waals surface area contributed by atoms with Gasteiger partial charge in [0.25, 0.3) is 0 Å². The Morgan fingerprint density at radius 3 is 2.25 bits per heavy atom. The van der Waals surface area contributed by atoms with Crippen LogP contribution in [-0.2, 0) is 25.0 Å². The summed E-state index contributed by atoms with van der Waals surface area (Å²) < 4.78 is 73.7. The van der Waals surface area contributed by atoms with Gasteiger partial charge in [-0.3, -0.25) is 4.79 Å². The van der Waals surface area contributed by atoms with Crippen LogP contribution in [0.5, 0.6) is 5.75 Å². The fourth-order valence-corrected chi connectivity index (χ4v) is 6.24. The van der Waals surface area contributed by atoms with Crippen LogP contribution < -0.4 is 14.4 Å². The molecule has 13 heteroatoms. The zero-order chi connectivity index (χ0) is 26.3. The molecule has 198 valence electrons. The first-order valence-corrected chi connectivity index (χ1v) is 14.3. The summed E-state index contributed by atoms with van der Waals surface area (Å²) >= 11 is 0. The first-order chi connectivity index (χ1) is 17.0. The van der Waals surface area contributed by atoms with Crippen molar-refractivity contribution in [3.8, 4) is 5.75 Å². The first-order valence-electron chi connectivity index (χ1n) is 11.5. The molecule has 1 aliphatic heterocycles. The number of carbonyl (C=O) groups excluding carboxylic acids is 1. The maximum absolute atomic E-state index is 14.3. The van der Waals surface area contributed by atoms with Crippen LogP contribution in [-0.4, -0.2) is 78.2 Å². The molecule has 10 nitrogen and oxygen atoms in total. The van der Waals surface area contributed by atoms with Gasteiger partial charge in [0.1, 0.15) is 24.7 Å². The number of anilines is 1. The zero-order valence-corrected chi connectivity index (χ0v) is 21.9. The lowest BCUT2D eigenvalue weighted by Gasteiger charge is -2.27. The Labute approximate surface area is 211 Å². The van der Waals surface area contributed by atoms with Gasteiger partial charge in [-0.05, 0) is 49.2 Å². The molecule has 2 aromatic rings. The summed E-state index contributed by atoms with van der Waals surface area (Å²) in [6.07, 6.45) is 2.73. The molecule has 0 aliphatic carbocycles. The molecule has 36 heavy (non-hydrogen) atoms. The van der Waals surface area contributed by atoms with Crippen LogP contribution in [0.3, 0.4) is 0 Å². The number of piperidine rings is 1. The molecule has 1 saturated heterocycles. The number of hydrogen-bond acceptors (Lipinski definition) is 6. The van der Waals surface area contributed by atoms with Crippen molar-refractivity contribution < 1.29 is 30.8 Å². The van der Waals surface area contributed by atoms with Crippen LogP contribution >= 0.6 is 0 Å². The molecule has 1 amide bonds. The maximum atomic E-state index is 14.3. The number of halogens is 1. The van der Waals surface area contributed by atoms with E-state index < -0.39 is 38.5 Å². The summed E-state index contributed by atoms with van der Waals surface area (Å²) in [4.78, 5) is 12.6. The Kier molecular flexibility index (Phi) is 9.28. The second kappa shape index (κ2) is 12.0. The number of para-hydroxylation sites is 1. The molecule has 3 rings (SSSR count). The molecule has 1 fully saturated rings. The van der Waals surface area contributed by atoms with Gasteiger partial charge in [0.05, 0.1) is 17.1 Å². The Morgan fingerprint density at radius 2 is 1.64 bits per heavy atom. The quantitative estimate of drug-likeness (QED) is 0.433. The lowest BCUT2D eigenvalue weighted by molar-refractivity contribution is -0.119. The smallest absolute Gasteiger partial charge is 0.304 e. The number of carbonyl (C=O) groups is 1. The van der Waals surface area contributed by atoms with Crippen LogP contribution in [0.15, 0.2) is 53.4 Å². The predicted molar refractivity (Wildman–Crippen MR) is 134 cm³/mol. The molecule has 0 unspecified atom stereocenters. The van der Waals surface area contributed by atoms with E-state index in [1.807, 2.05) is 0 Å². The Balaban J connectivity index is 1.54. The molecule has 0 spiro atoms. The minimum Gasteiger partial charge on any atom is -0.492 e. The van der Waals surface area contributed by atoms with Gasteiger partial charge < -0.3 is 10.1 Å². The van der Waals surface area contributed by atoms with Crippen molar-refractivity contribution in [2.24, 2.45) is 0 Å². The molecule has 2 aromatic carbocycles. The van der Waals surface area contributed by atoms with E-state index in [0.29, 0.717) is 23.1 Å². The van der Waals surface area contributed by atoms with Gasteiger partial charge in [-0.25, -0.2) is 17.1 Å². The van der Waals surface area contributed by atoms with Crippen molar-refractivity contribution in [3.63, 3.8) is 0 Å². The lowest BCUT2D eigenvalue weighted by Crippen LogP contribution is -2.46. The normalized spacial score (nSPS) is 15.0. The summed E-state index contributed by atoms with van der Waals surface area (Å²) in [6, 6.07) is 11.3. The summed E-state index contributed by atoms with van der Waals surface area (Å²) in [5.74, 6) is -0.995. The monoisotopic (exact) mass is 542 g/mol. The summed E-state index contributed by atoms with van der Waals surface area (Å²) in [5.41, 5.74) is -0.239. The van der Waals surface area contributed by atoms with Crippen molar-refractivity contribution in [1.82, 2.24) is 13.9 Å². The third kappa shape index (κ3) is 6.72. The SMILES string of the molecule is CN(C)S(=O)(=O)N(CC(=O)NCCOc1ccc(S(=O)(=O)N2CCCCC2)cc1)c1ccccc1F. The largest absolute Gasteiger partial charge is 0.492 e. The fourth-order valence-electron chi connectivity index (χ4n) is 3.65. The average molecular weight is 543 g/mol. The Bertz CT molecular complexity index is 1250. The second-order valence-electron chi connectivity index (χ2n) is 8.38. The van der Waals surface area contributed by atoms with Crippen LogP contribution in [0.25, 0.3) is 0 Å². The third-order valence-electron chi connectivity index (χ3n) is 5.62. The summed E-state index contributed by atoms with van der Waals surface area (Å²) in [7, 11) is -5.08. The molecule has 0 saturated carbocycles. The average Bonchev–Trinajstić information content (AvgIpc) is 2.86. The molecule has 1 heterocycles. The number of nitrogens with one attached hydrogen (secondary N) is 1. The van der Waals surface area contributed by atoms with Crippen molar-refractivity contribution in [3.05, 3.63) is 54.3 Å². The molecular weight excluding hydrogens is 511 g/mol. The van der Waals surface area contributed by atoms with Crippen molar-refractivity contribution in [2.45, 2.75) is 24.2 Å². The van der Waals surface area contributed by atoms with Crippen molar-refractivity contribution >= 4 is 31.8 Å². The summed E-state index contributed by atoms with van der Waals surface area (Å²) in [5, 5.41) is 2.55. The van der Waals surface area contributed by atoms with Gasteiger partial charge in [-0.2, -0.15) is 17.0 Å². The minimum atomic E-state index is -4.13. The van der Waals surface area contributed by atoms with Gasteiger partial charge in [-0.15, -0.1) is 0 Å². The molecule has 0 atom stereocenters. The number of ether oxygens (including phenoxy) is 1. The fraction of sp³-hybridized carbons (Fsp3) is 0.435. The highest BCUT2D eigenvalue weighted by atomic mass is 32.2. The van der Waals surface area contributed by atoms with Gasteiger partial charge in [-0.1, -0.05) is 18.6 Å². The van der Waals surface area contributed by atoms with Crippen LogP contribution in [0.1, 0.15) is 19.3 Å². The zero-order valence-electron chi connectivity index (χ0n) is 20.3. The first kappa shape index (κ1) is 27.8. The number of nitrogens with zero attached hydrogens (tertiary/aromatic N) is 3. The van der Waals surface area contributed by atoms with E-state index in [0.717, 1.165) is 29.6 Å². The second-order valence-corrected chi connectivity index (χ2v) is 12.4. The van der Waals surface area contributed by atoms with E-state index in [1.165, 1.54) is 48.7 Å². The van der Waals surface area contributed by atoms with E-state index in [4.69, 9.17) is 4.74 Å². The Morgan fingerprint density at radius 1 is 1.00 bits per heavy atom. The van der Waals surface area contributed by atoms with Gasteiger partial charge >= 0.3 is 10.2 Å². The van der Waals surface area contributed by atoms with Gasteiger partial charge in [0.2, 0.25) is 15.9 Å². The van der Waals surface area contributed by atoms with Crippen molar-refractivity contribution in [2.75, 3.05) is 51.2 Å². The van der Waals surface area contributed by atoms with E-state index in [1.54, 1.807) is 12.1 Å². The van der Waals surface area contributed by atoms with Gasteiger partial charge in [0.15, 0.2) is 0 Å². The summed E-state index contributed by atoms with van der Waals surface area (Å²) in [6.45, 7) is 0.531. The standard InChI is InChI=1S/C23H31FN4O6S2/c1-26(2)36(32,33)28(22-9-5-4-8-21(22)24)18-23(29)25-14-17-34-19-10-12-20(13-11-19)35(30,31)27-15-6-3-7-16-27/h4-5,8-13H,3,6-7,14-18H2,1-2H3,(H,25,29). The maximum Gasteiger partial charge on any atom is 0.304 e. The molecule has 0 aromatic heterocycles. The number of hydrogen-bond donors (Lipinski definition) is 1. The van der Waals surface area contributed by atoms with E-state index in [2.05, 4.69) is 5.32 Å². The van der Waals surface area contributed by atoms with Crippen molar-refractivity contribution in [1.29, 1.82) is 0 Å². The highest BCUT2D eigenvalue weighted by Crippen LogP contribution is 2.24. The molecule has 1 aliphatic rings. The van der Waals surface area contributed by atoms with E-state index in [-0.39, 0.29) is 23.7 Å². The van der Waals surface area contributed by atoms with Gasteiger partial charge in [0, 0.05) is 27.2 Å². The third-order valence-corrected chi connectivity index (χ3v) is 9.34. The lowest BCUT2D eigenvalue weighted by atomic mass is 10.2. The highest BCUT2D eigenvalue weighted by molar-refractivity contribution is 7.90. The van der Waals surface area contributed by atoms with E-state index >= 15 is 0 Å². The molecule has 1 N–H and O–H groups in total. The minimum absolute atomic E-state index is 0.0553. The number of sulfonamides is 1.